The first-order valence-corrected chi connectivity index (χ1v) is 12.2. The second-order valence-electron chi connectivity index (χ2n) is 8.42. The van der Waals surface area contributed by atoms with Crippen LogP contribution in [0.2, 0.25) is 0 Å². The smallest absolute Gasteiger partial charge is 0.256 e. The van der Waals surface area contributed by atoms with Crippen LogP contribution < -0.4 is 20.5 Å². The Morgan fingerprint density at radius 2 is 1.81 bits per heavy atom. The fraction of sp³-hybridized carbons (Fsp3) is 0.407. The number of hydrogen-bond donors (Lipinski definition) is 2. The Morgan fingerprint density at radius 1 is 1.03 bits per heavy atom. The molecule has 3 N–H and O–H groups in total. The lowest BCUT2D eigenvalue weighted by molar-refractivity contribution is -0.116. The predicted octanol–water partition coefficient (Wildman–Crippen LogP) is 1.86. The summed E-state index contributed by atoms with van der Waals surface area (Å²) in [6.45, 7) is 4.99. The summed E-state index contributed by atoms with van der Waals surface area (Å²) in [5, 5.41) is 2.90. The van der Waals surface area contributed by atoms with Gasteiger partial charge in [0.25, 0.3) is 5.91 Å². The number of nitrogens with zero attached hydrogens (tertiary/aromatic N) is 2. The number of para-hydroxylation sites is 1. The third kappa shape index (κ3) is 8.78. The van der Waals surface area contributed by atoms with Crippen LogP contribution in [0.5, 0.6) is 11.5 Å². The summed E-state index contributed by atoms with van der Waals surface area (Å²) in [5.74, 6) is 0.878. The fourth-order valence-electron chi connectivity index (χ4n) is 3.82. The van der Waals surface area contributed by atoms with Gasteiger partial charge in [0.05, 0.1) is 25.9 Å². The Balaban J connectivity index is 1.37. The number of nitrogen functional groups attached to an aromatic ring is 1. The summed E-state index contributed by atoms with van der Waals surface area (Å²) in [5.41, 5.74) is 7.78. The molecule has 0 unspecified atom stereocenters. The van der Waals surface area contributed by atoms with E-state index < -0.39 is 0 Å². The Labute approximate surface area is 217 Å². The van der Waals surface area contributed by atoms with Gasteiger partial charge in [-0.1, -0.05) is 18.2 Å². The molecule has 10 nitrogen and oxygen atoms in total. The SMILES string of the molecule is COCCOCOc1ccc(C=CC(=O)NCCN2CCN(C(=O)c3ccccc3N)CC2)cc1OC. The number of ether oxygens (including phenoxy) is 4. The molecular weight excluding hydrogens is 476 g/mol. The number of anilines is 1. The number of carbonyl (C=O) groups excluding carboxylic acids is 2. The van der Waals surface area contributed by atoms with Crippen molar-refractivity contribution >= 4 is 23.6 Å². The topological polar surface area (TPSA) is 116 Å². The van der Waals surface area contributed by atoms with Gasteiger partial charge < -0.3 is 34.9 Å². The molecule has 2 amide bonds. The summed E-state index contributed by atoms with van der Waals surface area (Å²) in [7, 11) is 3.16. The molecule has 0 spiro atoms. The second-order valence-corrected chi connectivity index (χ2v) is 8.42. The van der Waals surface area contributed by atoms with Crippen molar-refractivity contribution in [2.45, 2.75) is 0 Å². The molecule has 1 fully saturated rings. The summed E-state index contributed by atoms with van der Waals surface area (Å²) in [6.07, 6.45) is 3.21. The number of methoxy groups -OCH3 is 2. The van der Waals surface area contributed by atoms with Crippen molar-refractivity contribution in [1.82, 2.24) is 15.1 Å². The van der Waals surface area contributed by atoms with Crippen molar-refractivity contribution in [3.05, 3.63) is 59.7 Å². The first-order valence-electron chi connectivity index (χ1n) is 12.2. The highest BCUT2D eigenvalue weighted by Crippen LogP contribution is 2.28. The van der Waals surface area contributed by atoms with Crippen molar-refractivity contribution in [3.63, 3.8) is 0 Å². The van der Waals surface area contributed by atoms with Crippen molar-refractivity contribution in [1.29, 1.82) is 0 Å². The van der Waals surface area contributed by atoms with E-state index in [0.29, 0.717) is 62.1 Å². The van der Waals surface area contributed by atoms with Crippen molar-refractivity contribution in [3.8, 4) is 11.5 Å². The molecule has 2 aromatic carbocycles. The van der Waals surface area contributed by atoms with Gasteiger partial charge in [-0.15, -0.1) is 0 Å². The second kappa shape index (κ2) is 14.8. The summed E-state index contributed by atoms with van der Waals surface area (Å²) in [4.78, 5) is 29.0. The number of hydrogen-bond acceptors (Lipinski definition) is 8. The normalized spacial score (nSPS) is 14.1. The molecule has 0 saturated carbocycles. The quantitative estimate of drug-likeness (QED) is 0.181. The number of piperazine rings is 1. The van der Waals surface area contributed by atoms with Crippen LogP contribution in [-0.4, -0.2) is 95.1 Å². The van der Waals surface area contributed by atoms with E-state index in [1.807, 2.05) is 23.1 Å². The number of rotatable bonds is 13. The van der Waals surface area contributed by atoms with Crippen LogP contribution in [0.1, 0.15) is 15.9 Å². The molecule has 3 rings (SSSR count). The average molecular weight is 513 g/mol. The maximum atomic E-state index is 12.7. The molecule has 2 aromatic rings. The van der Waals surface area contributed by atoms with E-state index in [4.69, 9.17) is 24.7 Å². The van der Waals surface area contributed by atoms with Gasteiger partial charge in [-0.05, 0) is 35.9 Å². The van der Waals surface area contributed by atoms with Crippen LogP contribution in [-0.2, 0) is 14.3 Å². The van der Waals surface area contributed by atoms with E-state index in [2.05, 4.69) is 10.2 Å². The third-order valence-electron chi connectivity index (χ3n) is 5.92. The monoisotopic (exact) mass is 512 g/mol. The Morgan fingerprint density at radius 3 is 2.54 bits per heavy atom. The molecule has 1 aliphatic heterocycles. The zero-order valence-corrected chi connectivity index (χ0v) is 21.5. The van der Waals surface area contributed by atoms with Crippen LogP contribution in [0, 0.1) is 0 Å². The lowest BCUT2D eigenvalue weighted by atomic mass is 10.1. The number of amides is 2. The lowest BCUT2D eigenvalue weighted by Crippen LogP contribution is -2.50. The fourth-order valence-corrected chi connectivity index (χ4v) is 3.82. The molecule has 0 aliphatic carbocycles. The minimum absolute atomic E-state index is 0.0391. The van der Waals surface area contributed by atoms with E-state index in [1.165, 1.54) is 6.08 Å². The van der Waals surface area contributed by atoms with Gasteiger partial charge in [0, 0.05) is 58.1 Å². The van der Waals surface area contributed by atoms with E-state index in [-0.39, 0.29) is 18.6 Å². The van der Waals surface area contributed by atoms with Crippen LogP contribution in [0.4, 0.5) is 5.69 Å². The van der Waals surface area contributed by atoms with Gasteiger partial charge in [-0.25, -0.2) is 0 Å². The lowest BCUT2D eigenvalue weighted by Gasteiger charge is -2.34. The average Bonchev–Trinajstić information content (AvgIpc) is 2.92. The minimum atomic E-state index is -0.181. The standard InChI is InChI=1S/C27H36N4O6/c1-34-17-18-36-20-37-24-9-7-21(19-25(24)35-2)8-10-26(32)29-11-12-30-13-15-31(16-14-30)27(33)22-5-3-4-6-23(22)28/h3-10,19H,11-18,20,28H2,1-2H3,(H,29,32). The summed E-state index contributed by atoms with van der Waals surface area (Å²) >= 11 is 0. The first kappa shape index (κ1) is 28.0. The maximum absolute atomic E-state index is 12.7. The van der Waals surface area contributed by atoms with Crippen LogP contribution in [0.25, 0.3) is 6.08 Å². The number of carbonyl (C=O) groups is 2. The molecule has 1 saturated heterocycles. The molecule has 0 bridgehead atoms. The summed E-state index contributed by atoms with van der Waals surface area (Å²) < 4.78 is 21.2. The molecule has 0 aromatic heterocycles. The zero-order valence-electron chi connectivity index (χ0n) is 21.5. The highest BCUT2D eigenvalue weighted by atomic mass is 16.7. The van der Waals surface area contributed by atoms with Gasteiger partial charge in [-0.3, -0.25) is 14.5 Å². The van der Waals surface area contributed by atoms with E-state index in [0.717, 1.165) is 18.7 Å². The number of nitrogens with one attached hydrogen (secondary N) is 1. The van der Waals surface area contributed by atoms with Crippen molar-refractivity contribution in [2.75, 3.05) is 79.2 Å². The van der Waals surface area contributed by atoms with Gasteiger partial charge in [0.2, 0.25) is 5.91 Å². The molecule has 0 atom stereocenters. The minimum Gasteiger partial charge on any atom is -0.493 e. The molecular formula is C27H36N4O6. The predicted molar refractivity (Wildman–Crippen MR) is 142 cm³/mol. The van der Waals surface area contributed by atoms with E-state index in [1.54, 1.807) is 44.6 Å². The van der Waals surface area contributed by atoms with E-state index in [9.17, 15) is 9.59 Å². The maximum Gasteiger partial charge on any atom is 0.256 e. The van der Waals surface area contributed by atoms with Gasteiger partial charge in [0.15, 0.2) is 18.3 Å². The molecule has 37 heavy (non-hydrogen) atoms. The van der Waals surface area contributed by atoms with Crippen molar-refractivity contribution in [2.24, 2.45) is 0 Å². The Kier molecular flexibility index (Phi) is 11.2. The van der Waals surface area contributed by atoms with Gasteiger partial charge >= 0.3 is 0 Å². The first-order chi connectivity index (χ1) is 18.0. The zero-order chi connectivity index (χ0) is 26.5. The van der Waals surface area contributed by atoms with Crippen LogP contribution >= 0.6 is 0 Å². The van der Waals surface area contributed by atoms with Gasteiger partial charge in [-0.2, -0.15) is 0 Å². The molecule has 1 aliphatic rings. The highest BCUT2D eigenvalue weighted by molar-refractivity contribution is 5.99. The third-order valence-corrected chi connectivity index (χ3v) is 5.92. The van der Waals surface area contributed by atoms with Gasteiger partial charge in [0.1, 0.15) is 0 Å². The van der Waals surface area contributed by atoms with Crippen LogP contribution in [0.3, 0.4) is 0 Å². The molecule has 200 valence electrons. The van der Waals surface area contributed by atoms with E-state index >= 15 is 0 Å². The van der Waals surface area contributed by atoms with Crippen LogP contribution in [0.15, 0.2) is 48.5 Å². The molecule has 1 heterocycles. The molecule has 0 radical (unpaired) electrons. The largest absolute Gasteiger partial charge is 0.493 e. The number of benzene rings is 2. The van der Waals surface area contributed by atoms with Crippen molar-refractivity contribution < 1.29 is 28.5 Å². The summed E-state index contributed by atoms with van der Waals surface area (Å²) in [6, 6.07) is 12.5. The Hall–Kier alpha value is -3.60. The molecule has 10 heteroatoms. The number of nitrogens with two attached hydrogens (primary N) is 1. The highest BCUT2D eigenvalue weighted by Gasteiger charge is 2.23. The Bertz CT molecular complexity index is 1050.